The van der Waals surface area contributed by atoms with E-state index in [0.717, 1.165) is 5.56 Å². The van der Waals surface area contributed by atoms with E-state index in [1.165, 1.54) is 4.31 Å². The van der Waals surface area contributed by atoms with Gasteiger partial charge in [-0.1, -0.05) is 0 Å². The summed E-state index contributed by atoms with van der Waals surface area (Å²) in [5, 5.41) is 3.22. The number of aryl methyl sites for hydroxylation is 2. The van der Waals surface area contributed by atoms with E-state index in [4.69, 9.17) is 5.73 Å². The van der Waals surface area contributed by atoms with Gasteiger partial charge in [0.25, 0.3) is 0 Å². The van der Waals surface area contributed by atoms with Crippen molar-refractivity contribution in [3.8, 4) is 0 Å². The number of anilines is 1. The van der Waals surface area contributed by atoms with E-state index in [0.29, 0.717) is 25.5 Å². The van der Waals surface area contributed by atoms with Crippen LogP contribution in [-0.2, 0) is 17.1 Å². The van der Waals surface area contributed by atoms with Crippen LogP contribution in [0.25, 0.3) is 0 Å². The molecule has 0 bridgehead atoms. The Balaban J connectivity index is 2.06. The highest BCUT2D eigenvalue weighted by molar-refractivity contribution is 7.89. The Morgan fingerprint density at radius 1 is 1.39 bits per heavy atom. The van der Waals surface area contributed by atoms with E-state index >= 15 is 0 Å². The molecule has 2 aromatic heterocycles. The van der Waals surface area contributed by atoms with E-state index < -0.39 is 10.0 Å². The summed E-state index contributed by atoms with van der Waals surface area (Å²) in [6.45, 7) is 3.23. The molecule has 0 saturated carbocycles. The third kappa shape index (κ3) is 2.82. The Morgan fingerprint density at radius 3 is 2.87 bits per heavy atom. The minimum absolute atomic E-state index is 0.0210. The predicted octanol–water partition coefficient (Wildman–Crippen LogP) is 0.0409. The molecule has 23 heavy (non-hydrogen) atoms. The average molecular weight is 336 g/mol. The molecule has 2 aromatic rings. The molecule has 8 nitrogen and oxygen atoms in total. The number of rotatable bonds is 3. The first-order valence-corrected chi connectivity index (χ1v) is 8.77. The molecule has 1 atom stereocenters. The van der Waals surface area contributed by atoms with Crippen LogP contribution >= 0.6 is 0 Å². The van der Waals surface area contributed by atoms with Crippen molar-refractivity contribution in [3.63, 3.8) is 0 Å². The van der Waals surface area contributed by atoms with E-state index in [-0.39, 0.29) is 16.8 Å². The second kappa shape index (κ2) is 5.91. The monoisotopic (exact) mass is 336 g/mol. The molecule has 0 aliphatic carbocycles. The smallest absolute Gasteiger partial charge is 0.247 e. The lowest BCUT2D eigenvalue weighted by Crippen LogP contribution is -2.49. The van der Waals surface area contributed by atoms with Crippen LogP contribution in [0.15, 0.2) is 29.6 Å². The van der Waals surface area contributed by atoms with E-state index in [1.807, 2.05) is 11.6 Å². The predicted molar refractivity (Wildman–Crippen MR) is 86.1 cm³/mol. The Hall–Kier alpha value is -1.97. The number of nitrogen functional groups attached to an aromatic ring is 1. The first kappa shape index (κ1) is 15.9. The van der Waals surface area contributed by atoms with Gasteiger partial charge in [-0.2, -0.15) is 4.31 Å². The minimum atomic E-state index is -3.75. The van der Waals surface area contributed by atoms with Crippen molar-refractivity contribution in [3.05, 3.63) is 36.0 Å². The van der Waals surface area contributed by atoms with Crippen molar-refractivity contribution in [2.75, 3.05) is 25.4 Å². The Bertz CT molecular complexity index is 816. The lowest BCUT2D eigenvalue weighted by molar-refractivity contribution is 0.258. The highest BCUT2D eigenvalue weighted by Crippen LogP contribution is 2.30. The molecule has 0 spiro atoms. The van der Waals surface area contributed by atoms with Gasteiger partial charge >= 0.3 is 0 Å². The summed E-state index contributed by atoms with van der Waals surface area (Å²) < 4.78 is 29.5. The van der Waals surface area contributed by atoms with Crippen LogP contribution in [0.2, 0.25) is 0 Å². The molecule has 9 heteroatoms. The minimum Gasteiger partial charge on any atom is -0.383 e. The van der Waals surface area contributed by atoms with Crippen LogP contribution in [-0.4, -0.2) is 46.9 Å². The molecule has 1 aliphatic heterocycles. The molecule has 124 valence electrons. The Kier molecular flexibility index (Phi) is 4.09. The van der Waals surface area contributed by atoms with Crippen molar-refractivity contribution in [1.29, 1.82) is 0 Å². The van der Waals surface area contributed by atoms with Gasteiger partial charge in [0.2, 0.25) is 10.0 Å². The molecule has 1 unspecified atom stereocenters. The summed E-state index contributed by atoms with van der Waals surface area (Å²) in [5.41, 5.74) is 6.57. The van der Waals surface area contributed by atoms with Gasteiger partial charge in [-0.15, -0.1) is 0 Å². The van der Waals surface area contributed by atoms with E-state index in [9.17, 15) is 8.42 Å². The lowest BCUT2D eigenvalue weighted by atomic mass is 10.2. The van der Waals surface area contributed by atoms with Crippen LogP contribution in [0.5, 0.6) is 0 Å². The van der Waals surface area contributed by atoms with Gasteiger partial charge in [0.15, 0.2) is 0 Å². The third-order valence-corrected chi connectivity index (χ3v) is 5.89. The SMILES string of the molecule is Cc1cnc(N)c(S(=O)(=O)N2CCNCC2c2nccn2C)c1. The summed E-state index contributed by atoms with van der Waals surface area (Å²) in [6.07, 6.45) is 5.02. The highest BCUT2D eigenvalue weighted by Gasteiger charge is 2.37. The maximum atomic E-state index is 13.1. The zero-order chi connectivity index (χ0) is 16.6. The van der Waals surface area contributed by atoms with Crippen LogP contribution in [0.1, 0.15) is 17.4 Å². The molecule has 1 fully saturated rings. The maximum Gasteiger partial charge on any atom is 0.247 e. The van der Waals surface area contributed by atoms with Gasteiger partial charge in [0.05, 0.1) is 6.04 Å². The van der Waals surface area contributed by atoms with Crippen molar-refractivity contribution >= 4 is 15.8 Å². The fourth-order valence-electron chi connectivity index (χ4n) is 2.78. The topological polar surface area (TPSA) is 106 Å². The standard InChI is InChI=1S/C14H20N6O2S/c1-10-7-12(13(15)18-8-10)23(21,22)20-6-3-16-9-11(20)14-17-4-5-19(14)2/h4-5,7-8,11,16H,3,6,9H2,1-2H3,(H2,15,18). The number of piperazine rings is 1. The lowest BCUT2D eigenvalue weighted by Gasteiger charge is -2.34. The van der Waals surface area contributed by atoms with Crippen LogP contribution in [0, 0.1) is 6.92 Å². The van der Waals surface area contributed by atoms with Crippen LogP contribution in [0.4, 0.5) is 5.82 Å². The number of pyridine rings is 1. The fourth-order valence-corrected chi connectivity index (χ4v) is 4.52. The number of aromatic nitrogens is 3. The number of imidazole rings is 1. The Labute approximate surface area is 135 Å². The molecule has 3 N–H and O–H groups in total. The Morgan fingerprint density at radius 2 is 2.17 bits per heavy atom. The average Bonchev–Trinajstić information content (AvgIpc) is 2.95. The molecule has 1 aliphatic rings. The zero-order valence-electron chi connectivity index (χ0n) is 13.1. The third-order valence-electron chi connectivity index (χ3n) is 3.96. The number of hydrogen-bond donors (Lipinski definition) is 2. The largest absolute Gasteiger partial charge is 0.383 e. The highest BCUT2D eigenvalue weighted by atomic mass is 32.2. The summed E-state index contributed by atoms with van der Waals surface area (Å²) in [7, 11) is -1.90. The molecule has 3 heterocycles. The summed E-state index contributed by atoms with van der Waals surface area (Å²) in [5.74, 6) is 0.715. The molecule has 3 rings (SSSR count). The van der Waals surface area contributed by atoms with Crippen molar-refractivity contribution in [2.45, 2.75) is 17.9 Å². The van der Waals surface area contributed by atoms with E-state index in [2.05, 4.69) is 15.3 Å². The number of nitrogens with zero attached hydrogens (tertiary/aromatic N) is 4. The van der Waals surface area contributed by atoms with Crippen LogP contribution < -0.4 is 11.1 Å². The van der Waals surface area contributed by atoms with Crippen molar-refractivity contribution < 1.29 is 8.42 Å². The molecule has 0 amide bonds. The molecular formula is C14H20N6O2S. The zero-order valence-corrected chi connectivity index (χ0v) is 13.9. The molecule has 1 saturated heterocycles. The second-order valence-corrected chi connectivity index (χ2v) is 7.49. The molecular weight excluding hydrogens is 316 g/mol. The summed E-state index contributed by atoms with van der Waals surface area (Å²) in [6, 6.07) is 1.18. The fraction of sp³-hybridized carbons (Fsp3) is 0.429. The maximum absolute atomic E-state index is 13.1. The first-order chi connectivity index (χ1) is 10.9. The summed E-state index contributed by atoms with van der Waals surface area (Å²) in [4.78, 5) is 8.34. The second-order valence-electron chi connectivity index (χ2n) is 5.63. The van der Waals surface area contributed by atoms with Gasteiger partial charge in [0.1, 0.15) is 16.5 Å². The number of nitrogens with one attached hydrogen (secondary N) is 1. The first-order valence-electron chi connectivity index (χ1n) is 7.33. The number of sulfonamides is 1. The van der Waals surface area contributed by atoms with Gasteiger partial charge in [-0.25, -0.2) is 18.4 Å². The van der Waals surface area contributed by atoms with E-state index in [1.54, 1.807) is 31.6 Å². The molecule has 0 radical (unpaired) electrons. The normalized spacial score (nSPS) is 19.8. The number of hydrogen-bond acceptors (Lipinski definition) is 6. The quantitative estimate of drug-likeness (QED) is 0.820. The van der Waals surface area contributed by atoms with Gasteiger partial charge in [0, 0.05) is 45.3 Å². The summed E-state index contributed by atoms with van der Waals surface area (Å²) >= 11 is 0. The van der Waals surface area contributed by atoms with Gasteiger partial charge < -0.3 is 15.6 Å². The molecule has 0 aromatic carbocycles. The van der Waals surface area contributed by atoms with Gasteiger partial charge in [-0.05, 0) is 18.6 Å². The van der Waals surface area contributed by atoms with Gasteiger partial charge in [-0.3, -0.25) is 0 Å². The van der Waals surface area contributed by atoms with Crippen LogP contribution in [0.3, 0.4) is 0 Å². The number of nitrogens with two attached hydrogens (primary N) is 1. The van der Waals surface area contributed by atoms with Crippen molar-refractivity contribution in [2.24, 2.45) is 7.05 Å². The van der Waals surface area contributed by atoms with Crippen molar-refractivity contribution in [1.82, 2.24) is 24.2 Å².